The molecule has 0 amide bonds. The zero-order chi connectivity index (χ0) is 12.1. The van der Waals surface area contributed by atoms with Crippen LogP contribution in [-0.4, -0.2) is 5.78 Å². The minimum absolute atomic E-state index is 0. The van der Waals surface area contributed by atoms with Gasteiger partial charge in [-0.15, -0.1) is 0 Å². The molecule has 92 valence electrons. The number of quaternary nitrogens is 1. The van der Waals surface area contributed by atoms with E-state index in [0.29, 0.717) is 5.56 Å². The van der Waals surface area contributed by atoms with Gasteiger partial charge in [-0.2, -0.15) is 0 Å². The van der Waals surface area contributed by atoms with Crippen molar-refractivity contribution in [2.45, 2.75) is 0 Å². The number of carbonyl (C=O) groups is 1. The van der Waals surface area contributed by atoms with Crippen molar-refractivity contribution in [1.82, 2.24) is 0 Å². The zero-order valence-electron chi connectivity index (χ0n) is 9.84. The van der Waals surface area contributed by atoms with Crippen molar-refractivity contribution >= 4 is 17.5 Å². The first-order valence-electron chi connectivity index (χ1n) is 5.45. The summed E-state index contributed by atoms with van der Waals surface area (Å²) in [5.74, 6) is 0.0179. The lowest BCUT2D eigenvalue weighted by Gasteiger charge is -1.95. The van der Waals surface area contributed by atoms with Gasteiger partial charge in [0.25, 0.3) is 0 Å². The Morgan fingerprint density at radius 2 is 1.56 bits per heavy atom. The van der Waals surface area contributed by atoms with Crippen LogP contribution in [-0.2, 0) is 0 Å². The quantitative estimate of drug-likeness (QED) is 0.584. The molecule has 0 unspecified atom stereocenters. The Bertz CT molecular complexity index is 532. The number of carbonyl (C=O) groups excluding carboxylic acids is 1. The maximum Gasteiger partial charge on any atom is 0.185 e. The van der Waals surface area contributed by atoms with Crippen LogP contribution >= 0.6 is 0 Å². The number of hydrogen-bond donors (Lipinski definition) is 1. The number of ketones is 1. The van der Waals surface area contributed by atoms with Gasteiger partial charge in [-0.25, -0.2) is 0 Å². The van der Waals surface area contributed by atoms with Gasteiger partial charge in [-0.05, 0) is 35.9 Å². The minimum atomic E-state index is 0. The molecule has 0 fully saturated rings. The molecule has 0 aromatic heterocycles. The van der Waals surface area contributed by atoms with Crippen LogP contribution in [0.15, 0.2) is 60.7 Å². The van der Waals surface area contributed by atoms with Gasteiger partial charge in [0.05, 0.1) is 0 Å². The summed E-state index contributed by atoms with van der Waals surface area (Å²) in [6.07, 6.45) is 3.40. The fourth-order valence-corrected chi connectivity index (χ4v) is 1.50. The van der Waals surface area contributed by atoms with Crippen molar-refractivity contribution in [2.24, 2.45) is 0 Å². The minimum Gasteiger partial charge on any atom is -1.00 e. The number of halogens is 1. The molecule has 0 saturated heterocycles. The third kappa shape index (κ3) is 3.84. The lowest BCUT2D eigenvalue weighted by atomic mass is 10.1. The summed E-state index contributed by atoms with van der Waals surface area (Å²) < 4.78 is 0. The van der Waals surface area contributed by atoms with Gasteiger partial charge in [0.1, 0.15) is 5.69 Å². The molecule has 0 atom stereocenters. The first kappa shape index (κ1) is 14.2. The van der Waals surface area contributed by atoms with E-state index in [-0.39, 0.29) is 18.2 Å². The van der Waals surface area contributed by atoms with E-state index in [0.717, 1.165) is 11.3 Å². The maximum absolute atomic E-state index is 11.8. The molecule has 18 heavy (non-hydrogen) atoms. The van der Waals surface area contributed by atoms with Crippen LogP contribution in [0.3, 0.4) is 0 Å². The number of rotatable bonds is 3. The van der Waals surface area contributed by atoms with Crippen LogP contribution in [0.1, 0.15) is 15.9 Å². The summed E-state index contributed by atoms with van der Waals surface area (Å²) in [5.41, 5.74) is 6.49. The van der Waals surface area contributed by atoms with Gasteiger partial charge >= 0.3 is 0 Å². The van der Waals surface area contributed by atoms with Crippen molar-refractivity contribution in [3.05, 3.63) is 71.8 Å². The highest BCUT2D eigenvalue weighted by molar-refractivity contribution is 6.06. The van der Waals surface area contributed by atoms with Crippen molar-refractivity contribution in [3.8, 4) is 0 Å². The second-order valence-electron chi connectivity index (χ2n) is 3.81. The number of benzene rings is 2. The van der Waals surface area contributed by atoms with Crippen molar-refractivity contribution in [2.75, 3.05) is 0 Å². The van der Waals surface area contributed by atoms with Gasteiger partial charge < -0.3 is 18.1 Å². The fourth-order valence-electron chi connectivity index (χ4n) is 1.50. The molecule has 0 bridgehead atoms. The van der Waals surface area contributed by atoms with Crippen molar-refractivity contribution in [1.29, 1.82) is 0 Å². The molecular weight excluding hydrogens is 246 g/mol. The molecule has 2 aromatic carbocycles. The Morgan fingerprint density at radius 3 is 2.17 bits per heavy atom. The van der Waals surface area contributed by atoms with E-state index in [1.54, 1.807) is 6.08 Å². The lowest BCUT2D eigenvalue weighted by molar-refractivity contribution is -0.254. The predicted octanol–water partition coefficient (Wildman–Crippen LogP) is -0.540. The summed E-state index contributed by atoms with van der Waals surface area (Å²) in [7, 11) is 0. The Kier molecular flexibility index (Phi) is 5.31. The number of hydrogen-bond acceptors (Lipinski definition) is 1. The Balaban J connectivity index is 0.00000162. The van der Waals surface area contributed by atoms with Gasteiger partial charge in [0.15, 0.2) is 5.78 Å². The van der Waals surface area contributed by atoms with Gasteiger partial charge in [-0.3, -0.25) is 4.79 Å². The molecule has 0 heterocycles. The Morgan fingerprint density at radius 1 is 0.944 bits per heavy atom. The van der Waals surface area contributed by atoms with Crippen LogP contribution in [0, 0.1) is 0 Å². The van der Waals surface area contributed by atoms with E-state index in [2.05, 4.69) is 5.73 Å². The van der Waals surface area contributed by atoms with Gasteiger partial charge in [0.2, 0.25) is 0 Å². The SMILES string of the molecule is [Cl-].[NH3+]c1ccc(C=CC(=O)c2ccccc2)cc1. The van der Waals surface area contributed by atoms with E-state index in [4.69, 9.17) is 0 Å². The monoisotopic (exact) mass is 259 g/mol. The summed E-state index contributed by atoms with van der Waals surface area (Å²) in [6, 6.07) is 17.0. The molecular formula is C15H14ClNO. The summed E-state index contributed by atoms with van der Waals surface area (Å²) in [6.45, 7) is 0. The topological polar surface area (TPSA) is 44.7 Å². The highest BCUT2D eigenvalue weighted by Gasteiger charge is 1.99. The van der Waals surface area contributed by atoms with E-state index >= 15 is 0 Å². The molecule has 0 aliphatic carbocycles. The van der Waals surface area contributed by atoms with Gasteiger partial charge in [-0.1, -0.05) is 36.4 Å². The first-order chi connectivity index (χ1) is 8.25. The van der Waals surface area contributed by atoms with Crippen LogP contribution in [0.5, 0.6) is 0 Å². The number of allylic oxidation sites excluding steroid dienone is 1. The third-order valence-corrected chi connectivity index (χ3v) is 2.47. The van der Waals surface area contributed by atoms with Crippen LogP contribution in [0.4, 0.5) is 5.69 Å². The highest BCUT2D eigenvalue weighted by atomic mass is 35.5. The van der Waals surface area contributed by atoms with E-state index < -0.39 is 0 Å². The van der Waals surface area contributed by atoms with Gasteiger partial charge in [0, 0.05) is 5.56 Å². The Labute approximate surface area is 113 Å². The normalized spacial score (nSPS) is 10.1. The highest BCUT2D eigenvalue weighted by Crippen LogP contribution is 2.07. The smallest absolute Gasteiger partial charge is 0.185 e. The summed E-state index contributed by atoms with van der Waals surface area (Å²) >= 11 is 0. The molecule has 3 heteroatoms. The largest absolute Gasteiger partial charge is 1.00 e. The molecule has 0 saturated carbocycles. The zero-order valence-corrected chi connectivity index (χ0v) is 10.6. The molecule has 2 rings (SSSR count). The molecule has 0 aliphatic heterocycles. The molecule has 3 N–H and O–H groups in total. The van der Waals surface area contributed by atoms with Crippen molar-refractivity contribution < 1.29 is 22.9 Å². The summed E-state index contributed by atoms with van der Waals surface area (Å²) in [5, 5.41) is 0. The average Bonchev–Trinajstić information content (AvgIpc) is 2.39. The molecule has 0 spiro atoms. The van der Waals surface area contributed by atoms with E-state index in [1.165, 1.54) is 0 Å². The second kappa shape index (κ2) is 6.74. The first-order valence-corrected chi connectivity index (χ1v) is 5.45. The van der Waals surface area contributed by atoms with Crippen LogP contribution in [0.25, 0.3) is 6.08 Å². The van der Waals surface area contributed by atoms with E-state index in [9.17, 15) is 4.79 Å². The molecule has 0 radical (unpaired) electrons. The average molecular weight is 260 g/mol. The fraction of sp³-hybridized carbons (Fsp3) is 0. The lowest BCUT2D eigenvalue weighted by Crippen LogP contribution is -3.00. The Hall–Kier alpha value is -1.90. The predicted molar refractivity (Wildman–Crippen MR) is 68.8 cm³/mol. The summed E-state index contributed by atoms with van der Waals surface area (Å²) in [4.78, 5) is 11.8. The van der Waals surface area contributed by atoms with Crippen LogP contribution in [0.2, 0.25) is 0 Å². The third-order valence-electron chi connectivity index (χ3n) is 2.47. The molecule has 2 aromatic rings. The maximum atomic E-state index is 11.8. The molecule has 2 nitrogen and oxygen atoms in total. The molecule has 0 aliphatic rings. The van der Waals surface area contributed by atoms with Crippen molar-refractivity contribution in [3.63, 3.8) is 0 Å². The van der Waals surface area contributed by atoms with E-state index in [1.807, 2.05) is 60.7 Å². The van der Waals surface area contributed by atoms with Crippen LogP contribution < -0.4 is 18.1 Å². The second-order valence-corrected chi connectivity index (χ2v) is 3.81. The standard InChI is InChI=1S/C15H13NO.ClH/c16-14-9-6-12(7-10-14)8-11-15(17)13-4-2-1-3-5-13;/h1-11H,16H2;1H.